The van der Waals surface area contributed by atoms with Crippen molar-refractivity contribution < 1.29 is 4.39 Å². The fraction of sp³-hybridized carbons (Fsp3) is 0.125. The first-order chi connectivity index (χ1) is 10.3. The van der Waals surface area contributed by atoms with E-state index in [1.54, 1.807) is 6.07 Å². The summed E-state index contributed by atoms with van der Waals surface area (Å²) in [5.74, 6) is 1.23. The lowest BCUT2D eigenvalue weighted by molar-refractivity contribution is 0.626. The molecule has 1 N–H and O–H groups in total. The summed E-state index contributed by atoms with van der Waals surface area (Å²) in [6, 6.07) is 14.5. The summed E-state index contributed by atoms with van der Waals surface area (Å²) in [5.41, 5.74) is 1.82. The molecule has 3 nitrogen and oxygen atoms in total. The number of fused-ring (bicyclic) bond motifs is 1. The van der Waals surface area contributed by atoms with E-state index >= 15 is 0 Å². The molecule has 0 fully saturated rings. The molecular weight excluding hydrogens is 285 g/mol. The molecular formula is C16H14FN3S. The second kappa shape index (κ2) is 6.10. The van der Waals surface area contributed by atoms with Gasteiger partial charge in [0.25, 0.3) is 0 Å². The molecule has 0 aliphatic rings. The van der Waals surface area contributed by atoms with E-state index in [-0.39, 0.29) is 5.82 Å². The minimum Gasteiger partial charge on any atom is -0.372 e. The molecule has 0 saturated heterocycles. The smallest absolute Gasteiger partial charge is 0.190 e. The van der Waals surface area contributed by atoms with Gasteiger partial charge in [0.05, 0.1) is 5.52 Å². The highest BCUT2D eigenvalue weighted by Crippen LogP contribution is 2.26. The molecule has 0 spiro atoms. The number of nitrogens with zero attached hydrogens (tertiary/aromatic N) is 2. The highest BCUT2D eigenvalue weighted by molar-refractivity contribution is 7.98. The molecule has 0 bridgehead atoms. The zero-order valence-electron chi connectivity index (χ0n) is 11.5. The fourth-order valence-electron chi connectivity index (χ4n) is 2.09. The zero-order valence-corrected chi connectivity index (χ0v) is 12.3. The molecule has 0 aliphatic carbocycles. The average Bonchev–Trinajstić information content (AvgIpc) is 2.52. The SMILES string of the molecule is CNc1nc(SCc2cccc(F)c2)nc2ccccc12. The van der Waals surface area contributed by atoms with Crippen LogP contribution in [0.15, 0.2) is 53.7 Å². The number of hydrogen-bond acceptors (Lipinski definition) is 4. The van der Waals surface area contributed by atoms with Crippen LogP contribution in [0.4, 0.5) is 10.2 Å². The van der Waals surface area contributed by atoms with E-state index in [9.17, 15) is 4.39 Å². The van der Waals surface area contributed by atoms with E-state index in [1.165, 1.54) is 23.9 Å². The summed E-state index contributed by atoms with van der Waals surface area (Å²) in [7, 11) is 1.84. The number of para-hydroxylation sites is 1. The first-order valence-electron chi connectivity index (χ1n) is 6.58. The summed E-state index contributed by atoms with van der Waals surface area (Å²) in [6.45, 7) is 0. The van der Waals surface area contributed by atoms with Gasteiger partial charge in [-0.15, -0.1) is 0 Å². The van der Waals surface area contributed by atoms with Gasteiger partial charge in [0.2, 0.25) is 0 Å². The van der Waals surface area contributed by atoms with Crippen molar-refractivity contribution in [3.8, 4) is 0 Å². The van der Waals surface area contributed by atoms with Crippen LogP contribution in [0.3, 0.4) is 0 Å². The molecule has 0 atom stereocenters. The maximum atomic E-state index is 13.2. The number of hydrogen-bond donors (Lipinski definition) is 1. The Morgan fingerprint density at radius 1 is 1.10 bits per heavy atom. The van der Waals surface area contributed by atoms with Crippen molar-refractivity contribution in [3.63, 3.8) is 0 Å². The van der Waals surface area contributed by atoms with Gasteiger partial charge in [-0.3, -0.25) is 0 Å². The van der Waals surface area contributed by atoms with Crippen LogP contribution in [-0.4, -0.2) is 17.0 Å². The zero-order chi connectivity index (χ0) is 14.7. The van der Waals surface area contributed by atoms with E-state index < -0.39 is 0 Å². The summed E-state index contributed by atoms with van der Waals surface area (Å²) in [4.78, 5) is 9.04. The van der Waals surface area contributed by atoms with Gasteiger partial charge in [-0.25, -0.2) is 14.4 Å². The first-order valence-corrected chi connectivity index (χ1v) is 7.56. The van der Waals surface area contributed by atoms with Crippen LogP contribution >= 0.6 is 11.8 Å². The number of rotatable bonds is 4. The van der Waals surface area contributed by atoms with E-state index in [1.807, 2.05) is 37.4 Å². The van der Waals surface area contributed by atoms with Gasteiger partial charge in [0, 0.05) is 18.2 Å². The quantitative estimate of drug-likeness (QED) is 0.581. The van der Waals surface area contributed by atoms with E-state index in [0.29, 0.717) is 10.9 Å². The Hall–Kier alpha value is -2.14. The van der Waals surface area contributed by atoms with Crippen LogP contribution < -0.4 is 5.32 Å². The summed E-state index contributed by atoms with van der Waals surface area (Å²) in [5, 5.41) is 4.77. The van der Waals surface area contributed by atoms with Gasteiger partial charge in [-0.05, 0) is 29.8 Å². The van der Waals surface area contributed by atoms with Gasteiger partial charge >= 0.3 is 0 Å². The Labute approximate surface area is 126 Å². The Morgan fingerprint density at radius 2 is 1.95 bits per heavy atom. The van der Waals surface area contributed by atoms with Gasteiger partial charge in [-0.1, -0.05) is 36.0 Å². The standard InChI is InChI=1S/C16H14FN3S/c1-18-15-13-7-2-3-8-14(13)19-16(20-15)21-10-11-5-4-6-12(17)9-11/h2-9H,10H2,1H3,(H,18,19,20). The third kappa shape index (κ3) is 3.13. The van der Waals surface area contributed by atoms with Crippen LogP contribution in [0.2, 0.25) is 0 Å². The third-order valence-electron chi connectivity index (χ3n) is 3.08. The van der Waals surface area contributed by atoms with Crippen LogP contribution in [0.25, 0.3) is 10.9 Å². The minimum atomic E-state index is -0.219. The molecule has 0 unspecified atom stereocenters. The van der Waals surface area contributed by atoms with Crippen molar-refractivity contribution in [1.82, 2.24) is 9.97 Å². The molecule has 3 aromatic rings. The van der Waals surface area contributed by atoms with Crippen LogP contribution in [0, 0.1) is 5.82 Å². The van der Waals surface area contributed by atoms with Gasteiger partial charge in [-0.2, -0.15) is 0 Å². The summed E-state index contributed by atoms with van der Waals surface area (Å²) < 4.78 is 13.2. The van der Waals surface area contributed by atoms with Crippen molar-refractivity contribution in [2.75, 3.05) is 12.4 Å². The Kier molecular flexibility index (Phi) is 4.01. The average molecular weight is 299 g/mol. The summed E-state index contributed by atoms with van der Waals surface area (Å²) in [6.07, 6.45) is 0. The Morgan fingerprint density at radius 3 is 2.76 bits per heavy atom. The number of nitrogens with one attached hydrogen (secondary N) is 1. The molecule has 3 rings (SSSR count). The first kappa shape index (κ1) is 13.8. The lowest BCUT2D eigenvalue weighted by atomic mass is 10.2. The topological polar surface area (TPSA) is 37.8 Å². The lowest BCUT2D eigenvalue weighted by Crippen LogP contribution is -1.98. The van der Waals surface area contributed by atoms with Crippen molar-refractivity contribution in [3.05, 3.63) is 59.9 Å². The molecule has 21 heavy (non-hydrogen) atoms. The minimum absolute atomic E-state index is 0.219. The predicted octanol–water partition coefficient (Wildman–Crippen LogP) is 4.10. The number of aromatic nitrogens is 2. The normalized spacial score (nSPS) is 10.8. The van der Waals surface area contributed by atoms with Crippen molar-refractivity contribution in [1.29, 1.82) is 0 Å². The van der Waals surface area contributed by atoms with E-state index in [0.717, 1.165) is 22.3 Å². The maximum Gasteiger partial charge on any atom is 0.190 e. The Bertz CT molecular complexity index is 776. The fourth-order valence-corrected chi connectivity index (χ4v) is 2.88. The van der Waals surface area contributed by atoms with Gasteiger partial charge < -0.3 is 5.32 Å². The molecule has 0 amide bonds. The number of anilines is 1. The summed E-state index contributed by atoms with van der Waals surface area (Å²) >= 11 is 1.50. The number of thioether (sulfide) groups is 1. The predicted molar refractivity (Wildman–Crippen MR) is 85.0 cm³/mol. The van der Waals surface area contributed by atoms with Crippen LogP contribution in [0.5, 0.6) is 0 Å². The molecule has 106 valence electrons. The Balaban J connectivity index is 1.87. The molecule has 0 aliphatic heterocycles. The van der Waals surface area contributed by atoms with Gasteiger partial charge in [0.1, 0.15) is 11.6 Å². The highest BCUT2D eigenvalue weighted by Gasteiger charge is 2.07. The molecule has 0 saturated carbocycles. The third-order valence-corrected chi connectivity index (χ3v) is 3.99. The number of halogens is 1. The van der Waals surface area contributed by atoms with E-state index in [2.05, 4.69) is 15.3 Å². The molecule has 1 heterocycles. The number of benzene rings is 2. The largest absolute Gasteiger partial charge is 0.372 e. The monoisotopic (exact) mass is 299 g/mol. The second-order valence-corrected chi connectivity index (χ2v) is 5.48. The molecule has 2 aromatic carbocycles. The molecule has 5 heteroatoms. The van der Waals surface area contributed by atoms with Gasteiger partial charge in [0.15, 0.2) is 5.16 Å². The second-order valence-electron chi connectivity index (χ2n) is 4.54. The van der Waals surface area contributed by atoms with Crippen molar-refractivity contribution in [2.45, 2.75) is 10.9 Å². The van der Waals surface area contributed by atoms with Crippen LogP contribution in [-0.2, 0) is 5.75 Å². The van der Waals surface area contributed by atoms with Crippen molar-refractivity contribution >= 4 is 28.5 Å². The molecule has 0 radical (unpaired) electrons. The van der Waals surface area contributed by atoms with E-state index in [4.69, 9.17) is 0 Å². The van der Waals surface area contributed by atoms with Crippen molar-refractivity contribution in [2.24, 2.45) is 0 Å². The molecule has 1 aromatic heterocycles. The highest BCUT2D eigenvalue weighted by atomic mass is 32.2. The lowest BCUT2D eigenvalue weighted by Gasteiger charge is -2.07. The maximum absolute atomic E-state index is 13.2. The van der Waals surface area contributed by atoms with Crippen LogP contribution in [0.1, 0.15) is 5.56 Å².